The molecule has 0 aliphatic rings. The van der Waals surface area contributed by atoms with Crippen LogP contribution in [0.3, 0.4) is 0 Å². The largest absolute Gasteiger partial charge is 0.496 e. The number of aromatic nitrogens is 1. The quantitative estimate of drug-likeness (QED) is 0.645. The van der Waals surface area contributed by atoms with Gasteiger partial charge in [0.2, 0.25) is 0 Å². The highest BCUT2D eigenvalue weighted by molar-refractivity contribution is 7.13. The van der Waals surface area contributed by atoms with Crippen LogP contribution in [-0.4, -0.2) is 11.5 Å². The number of nitrogens with zero attached hydrogens (tertiary/aromatic N) is 1. The van der Waals surface area contributed by atoms with Crippen LogP contribution >= 0.6 is 23.1 Å². The molecule has 0 radical (unpaired) electrons. The molecule has 3 aromatic rings. The Morgan fingerprint density at radius 2 is 1.95 bits per heavy atom. The zero-order valence-corrected chi connectivity index (χ0v) is 13.1. The van der Waals surface area contributed by atoms with Crippen molar-refractivity contribution >= 4 is 33.2 Å². The van der Waals surface area contributed by atoms with E-state index in [0.717, 1.165) is 37.7 Å². The average molecular weight is 304 g/mol. The Kier molecular flexibility index (Phi) is 3.40. The topological polar surface area (TPSA) is 22.1 Å². The van der Waals surface area contributed by atoms with Gasteiger partial charge in [-0.25, -0.2) is 0 Å². The number of methoxy groups -OCH3 is 1. The summed E-state index contributed by atoms with van der Waals surface area (Å²) in [4.78, 5) is 0. The van der Waals surface area contributed by atoms with Gasteiger partial charge >= 0.3 is 0 Å². The molecule has 2 aromatic carbocycles. The molecule has 0 N–H and O–H groups in total. The molecule has 0 aliphatic heterocycles. The minimum atomic E-state index is 0.781. The summed E-state index contributed by atoms with van der Waals surface area (Å²) in [7, 11) is 1.69. The van der Waals surface area contributed by atoms with E-state index >= 15 is 0 Å². The maximum absolute atomic E-state index is 6.18. The second-order valence-corrected chi connectivity index (χ2v) is 6.04. The van der Waals surface area contributed by atoms with E-state index in [0.29, 0.717) is 0 Å². The summed E-state index contributed by atoms with van der Waals surface area (Å²) in [6, 6.07) is 10.2. The minimum Gasteiger partial charge on any atom is -0.496 e. The highest BCUT2D eigenvalue weighted by atomic mass is 35.5. The maximum atomic E-state index is 6.18. The lowest BCUT2D eigenvalue weighted by Crippen LogP contribution is -1.89. The SMILES string of the molecule is COc1ccc(C)cc1-c1nsc2cc(Cl)c(C)cc12. The summed E-state index contributed by atoms with van der Waals surface area (Å²) in [5, 5.41) is 1.91. The van der Waals surface area contributed by atoms with Gasteiger partial charge in [-0.2, -0.15) is 4.37 Å². The first-order chi connectivity index (χ1) is 9.60. The summed E-state index contributed by atoms with van der Waals surface area (Å²) >= 11 is 7.65. The van der Waals surface area contributed by atoms with Crippen molar-refractivity contribution in [3.8, 4) is 17.0 Å². The van der Waals surface area contributed by atoms with Gasteiger partial charge in [0, 0.05) is 16.0 Å². The lowest BCUT2D eigenvalue weighted by molar-refractivity contribution is 0.416. The van der Waals surface area contributed by atoms with Gasteiger partial charge in [0.1, 0.15) is 5.75 Å². The molecule has 20 heavy (non-hydrogen) atoms. The van der Waals surface area contributed by atoms with Crippen LogP contribution in [0.4, 0.5) is 0 Å². The fourth-order valence-electron chi connectivity index (χ4n) is 2.27. The van der Waals surface area contributed by atoms with Gasteiger partial charge in [-0.1, -0.05) is 23.2 Å². The molecule has 0 unspecified atom stereocenters. The first kappa shape index (κ1) is 13.4. The van der Waals surface area contributed by atoms with E-state index in [4.69, 9.17) is 16.3 Å². The van der Waals surface area contributed by atoms with Crippen LogP contribution < -0.4 is 4.74 Å². The van der Waals surface area contributed by atoms with Crippen molar-refractivity contribution < 1.29 is 4.74 Å². The van der Waals surface area contributed by atoms with E-state index in [1.165, 1.54) is 17.1 Å². The highest BCUT2D eigenvalue weighted by Crippen LogP contribution is 2.38. The zero-order chi connectivity index (χ0) is 14.3. The van der Waals surface area contributed by atoms with Crippen molar-refractivity contribution in [3.63, 3.8) is 0 Å². The molecule has 0 bridgehead atoms. The second-order valence-electron chi connectivity index (χ2n) is 4.83. The molecule has 0 atom stereocenters. The third-order valence-corrected chi connectivity index (χ3v) is 4.58. The molecule has 2 nitrogen and oxygen atoms in total. The van der Waals surface area contributed by atoms with Crippen LogP contribution in [0.25, 0.3) is 21.3 Å². The third-order valence-electron chi connectivity index (χ3n) is 3.36. The Balaban J connectivity index is 2.30. The average Bonchev–Trinajstić information content (AvgIpc) is 2.82. The van der Waals surface area contributed by atoms with Crippen molar-refractivity contribution in [1.29, 1.82) is 0 Å². The number of halogens is 1. The van der Waals surface area contributed by atoms with Crippen LogP contribution in [0.2, 0.25) is 5.02 Å². The summed E-state index contributed by atoms with van der Waals surface area (Å²) in [6.07, 6.45) is 0. The number of benzene rings is 2. The fraction of sp³-hybridized carbons (Fsp3) is 0.188. The molecular weight excluding hydrogens is 290 g/mol. The van der Waals surface area contributed by atoms with Gasteiger partial charge in [0.15, 0.2) is 0 Å². The predicted molar refractivity (Wildman–Crippen MR) is 86.1 cm³/mol. The highest BCUT2D eigenvalue weighted by Gasteiger charge is 2.14. The van der Waals surface area contributed by atoms with E-state index in [1.807, 2.05) is 25.1 Å². The minimum absolute atomic E-state index is 0.781. The van der Waals surface area contributed by atoms with Crippen LogP contribution in [0.15, 0.2) is 30.3 Å². The number of fused-ring (bicyclic) bond motifs is 1. The first-order valence-corrected chi connectivity index (χ1v) is 7.46. The number of hydrogen-bond donors (Lipinski definition) is 0. The number of aryl methyl sites for hydroxylation is 2. The van der Waals surface area contributed by atoms with E-state index in [-0.39, 0.29) is 0 Å². The molecule has 0 spiro atoms. The monoisotopic (exact) mass is 303 g/mol. The third kappa shape index (κ3) is 2.17. The Bertz CT molecular complexity index is 795. The summed E-state index contributed by atoms with van der Waals surface area (Å²) in [5.74, 6) is 0.843. The van der Waals surface area contributed by atoms with Gasteiger partial charge in [-0.3, -0.25) is 0 Å². The van der Waals surface area contributed by atoms with Gasteiger partial charge in [0.25, 0.3) is 0 Å². The molecule has 102 valence electrons. The molecule has 0 aliphatic carbocycles. The molecule has 1 heterocycles. The van der Waals surface area contributed by atoms with Crippen molar-refractivity contribution in [2.45, 2.75) is 13.8 Å². The van der Waals surface area contributed by atoms with Gasteiger partial charge < -0.3 is 4.74 Å². The van der Waals surface area contributed by atoms with Crippen LogP contribution in [0, 0.1) is 13.8 Å². The van der Waals surface area contributed by atoms with Gasteiger partial charge in [-0.05, 0) is 55.2 Å². The van der Waals surface area contributed by atoms with Crippen molar-refractivity contribution in [3.05, 3.63) is 46.5 Å². The van der Waals surface area contributed by atoms with E-state index in [2.05, 4.69) is 23.4 Å². The Morgan fingerprint density at radius 1 is 1.15 bits per heavy atom. The van der Waals surface area contributed by atoms with E-state index in [1.54, 1.807) is 7.11 Å². The number of hydrogen-bond acceptors (Lipinski definition) is 3. The maximum Gasteiger partial charge on any atom is 0.128 e. The molecular formula is C16H14ClNOS. The Hall–Kier alpha value is -1.58. The van der Waals surface area contributed by atoms with E-state index < -0.39 is 0 Å². The lowest BCUT2D eigenvalue weighted by Gasteiger charge is -2.08. The van der Waals surface area contributed by atoms with Crippen LogP contribution in [0.1, 0.15) is 11.1 Å². The number of rotatable bonds is 2. The lowest BCUT2D eigenvalue weighted by atomic mass is 10.0. The molecule has 0 saturated heterocycles. The Labute approximate surface area is 127 Å². The van der Waals surface area contributed by atoms with Crippen LogP contribution in [-0.2, 0) is 0 Å². The molecule has 1 aromatic heterocycles. The second kappa shape index (κ2) is 5.08. The predicted octanol–water partition coefficient (Wildman–Crippen LogP) is 5.24. The normalized spacial score (nSPS) is 11.0. The van der Waals surface area contributed by atoms with Gasteiger partial charge in [-0.15, -0.1) is 0 Å². The number of ether oxygens (including phenoxy) is 1. The zero-order valence-electron chi connectivity index (χ0n) is 11.5. The molecule has 0 amide bonds. The summed E-state index contributed by atoms with van der Waals surface area (Å²) in [6.45, 7) is 4.08. The standard InChI is InChI=1S/C16H14ClNOS/c1-9-4-5-14(19-3)11(6-9)16-12-7-10(2)13(17)8-15(12)20-18-16/h4-8H,1-3H3. The molecule has 0 fully saturated rings. The fourth-order valence-corrected chi connectivity index (χ4v) is 3.31. The first-order valence-electron chi connectivity index (χ1n) is 6.30. The molecule has 3 rings (SSSR count). The van der Waals surface area contributed by atoms with Crippen molar-refractivity contribution in [1.82, 2.24) is 4.37 Å². The summed E-state index contributed by atoms with van der Waals surface area (Å²) < 4.78 is 11.2. The summed E-state index contributed by atoms with van der Waals surface area (Å²) in [5.41, 5.74) is 4.24. The van der Waals surface area contributed by atoms with Crippen LogP contribution in [0.5, 0.6) is 5.75 Å². The Morgan fingerprint density at radius 3 is 2.70 bits per heavy atom. The van der Waals surface area contributed by atoms with E-state index in [9.17, 15) is 0 Å². The van der Waals surface area contributed by atoms with Gasteiger partial charge in [0.05, 0.1) is 17.5 Å². The molecule has 4 heteroatoms. The smallest absolute Gasteiger partial charge is 0.128 e. The van der Waals surface area contributed by atoms with Crippen molar-refractivity contribution in [2.75, 3.05) is 7.11 Å². The molecule has 0 saturated carbocycles. The van der Waals surface area contributed by atoms with Crippen molar-refractivity contribution in [2.24, 2.45) is 0 Å².